The van der Waals surface area contributed by atoms with Gasteiger partial charge in [0.05, 0.1) is 12.5 Å². The smallest absolute Gasteiger partial charge is 0.257 e. The van der Waals surface area contributed by atoms with Crippen LogP contribution in [0.25, 0.3) is 11.5 Å². The van der Waals surface area contributed by atoms with Gasteiger partial charge in [0.25, 0.3) is 5.89 Å². The number of benzene rings is 2. The molecule has 4 rings (SSSR count). The largest absolute Gasteiger partial charge is 0.352 e. The fourth-order valence-corrected chi connectivity index (χ4v) is 3.92. The van der Waals surface area contributed by atoms with Crippen molar-refractivity contribution < 1.29 is 9.32 Å². The fraction of sp³-hybridized carbons (Fsp3) is 0.348. The summed E-state index contributed by atoms with van der Waals surface area (Å²) in [5.74, 6) is 1.18. The van der Waals surface area contributed by atoms with Gasteiger partial charge in [0.15, 0.2) is 5.82 Å². The molecule has 0 saturated carbocycles. The Bertz CT molecular complexity index is 1000. The molecule has 2 aromatic carbocycles. The molecule has 1 N–H and O–H groups in total. The highest BCUT2D eigenvalue weighted by Gasteiger charge is 2.26. The van der Waals surface area contributed by atoms with Crippen molar-refractivity contribution in [2.24, 2.45) is 5.92 Å². The molecule has 0 aliphatic carbocycles. The Labute approximate surface area is 181 Å². The molecule has 0 radical (unpaired) electrons. The molecule has 1 aliphatic rings. The Hall–Kier alpha value is -2.70. The van der Waals surface area contributed by atoms with Crippen molar-refractivity contribution in [3.63, 3.8) is 0 Å². The number of nitrogens with zero attached hydrogens (tertiary/aromatic N) is 3. The molecule has 0 spiro atoms. The summed E-state index contributed by atoms with van der Waals surface area (Å²) < 4.78 is 5.43. The molecule has 2 heterocycles. The van der Waals surface area contributed by atoms with Crippen molar-refractivity contribution in [1.82, 2.24) is 20.4 Å². The summed E-state index contributed by atoms with van der Waals surface area (Å²) in [5, 5.41) is 7.82. The zero-order valence-electron chi connectivity index (χ0n) is 17.0. The highest BCUT2D eigenvalue weighted by atomic mass is 35.5. The summed E-state index contributed by atoms with van der Waals surface area (Å²) in [5.41, 5.74) is 3.02. The summed E-state index contributed by atoms with van der Waals surface area (Å²) in [6, 6.07) is 15.6. The second-order valence-electron chi connectivity index (χ2n) is 7.77. The first-order valence-electron chi connectivity index (χ1n) is 10.2. The number of carbonyl (C=O) groups is 1. The van der Waals surface area contributed by atoms with Gasteiger partial charge in [-0.1, -0.05) is 52.7 Å². The molecule has 0 unspecified atom stereocenters. The third-order valence-corrected chi connectivity index (χ3v) is 5.79. The number of amides is 1. The molecule has 1 fully saturated rings. The molecular formula is C23H25ClN4O2. The van der Waals surface area contributed by atoms with Gasteiger partial charge in [0.1, 0.15) is 0 Å². The van der Waals surface area contributed by atoms with Gasteiger partial charge < -0.3 is 9.84 Å². The van der Waals surface area contributed by atoms with Crippen LogP contribution in [0.3, 0.4) is 0 Å². The lowest BCUT2D eigenvalue weighted by molar-refractivity contribution is -0.127. The number of hydrogen-bond acceptors (Lipinski definition) is 5. The molecule has 1 amide bonds. The summed E-state index contributed by atoms with van der Waals surface area (Å²) in [6.45, 7) is 4.66. The predicted molar refractivity (Wildman–Crippen MR) is 116 cm³/mol. The van der Waals surface area contributed by atoms with Gasteiger partial charge in [-0.3, -0.25) is 9.69 Å². The Morgan fingerprint density at radius 3 is 2.83 bits per heavy atom. The molecule has 156 valence electrons. The lowest BCUT2D eigenvalue weighted by Gasteiger charge is -2.31. The Kier molecular flexibility index (Phi) is 6.45. The number of aromatic nitrogens is 2. The third kappa shape index (κ3) is 5.07. The lowest BCUT2D eigenvalue weighted by atomic mass is 9.97. The molecule has 1 saturated heterocycles. The molecule has 3 aromatic rings. The molecular weight excluding hydrogens is 400 g/mol. The van der Waals surface area contributed by atoms with Gasteiger partial charge in [-0.2, -0.15) is 4.98 Å². The van der Waals surface area contributed by atoms with Crippen LogP contribution in [0.2, 0.25) is 5.02 Å². The van der Waals surface area contributed by atoms with Gasteiger partial charge >= 0.3 is 0 Å². The van der Waals surface area contributed by atoms with Crippen molar-refractivity contribution in [3.05, 3.63) is 70.5 Å². The maximum absolute atomic E-state index is 12.7. The molecule has 1 aliphatic heterocycles. The van der Waals surface area contributed by atoms with Crippen LogP contribution >= 0.6 is 11.6 Å². The molecule has 6 nitrogen and oxygen atoms in total. The van der Waals surface area contributed by atoms with E-state index in [1.54, 1.807) is 0 Å². The minimum Gasteiger partial charge on any atom is -0.352 e. The van der Waals surface area contributed by atoms with Crippen molar-refractivity contribution in [2.45, 2.75) is 32.9 Å². The van der Waals surface area contributed by atoms with Gasteiger partial charge in [0.2, 0.25) is 5.91 Å². The van der Waals surface area contributed by atoms with Crippen LogP contribution in [0.15, 0.2) is 53.1 Å². The lowest BCUT2D eigenvalue weighted by Crippen LogP contribution is -2.42. The normalized spacial score (nSPS) is 17.1. The minimum atomic E-state index is -0.0512. The number of likely N-dealkylation sites (tertiary alicyclic amines) is 1. The number of piperidine rings is 1. The molecule has 0 bridgehead atoms. The average Bonchev–Trinajstić information content (AvgIpc) is 3.22. The quantitative estimate of drug-likeness (QED) is 0.641. The molecule has 7 heteroatoms. The zero-order chi connectivity index (χ0) is 20.9. The van der Waals surface area contributed by atoms with Crippen LogP contribution in [-0.4, -0.2) is 34.0 Å². The number of nitrogens with one attached hydrogen (secondary N) is 1. The van der Waals surface area contributed by atoms with Crippen molar-refractivity contribution >= 4 is 17.5 Å². The maximum atomic E-state index is 12.7. The molecule has 1 aromatic heterocycles. The first kappa shape index (κ1) is 20.6. The monoisotopic (exact) mass is 424 g/mol. The number of hydrogen-bond donors (Lipinski definition) is 1. The standard InChI is InChI=1S/C23H25ClN4O2/c1-16-8-10-17(11-9-16)23-26-21(27-30-23)15-28-12-4-6-19(14-28)22(29)25-13-18-5-2-3-7-20(18)24/h2-3,5,7-11,19H,4,6,12-15H2,1H3,(H,25,29)/t19-/m0/s1. The minimum absolute atomic E-state index is 0.0512. The van der Waals surface area contributed by atoms with E-state index < -0.39 is 0 Å². The first-order chi connectivity index (χ1) is 14.6. The van der Waals surface area contributed by atoms with Gasteiger partial charge in [-0.25, -0.2) is 0 Å². The van der Waals surface area contributed by atoms with Gasteiger partial charge in [-0.15, -0.1) is 0 Å². The van der Waals surface area contributed by atoms with E-state index in [-0.39, 0.29) is 11.8 Å². The van der Waals surface area contributed by atoms with E-state index in [0.717, 1.165) is 30.5 Å². The van der Waals surface area contributed by atoms with Crippen LogP contribution < -0.4 is 5.32 Å². The predicted octanol–water partition coefficient (Wildman–Crippen LogP) is 4.23. The highest BCUT2D eigenvalue weighted by molar-refractivity contribution is 6.31. The number of carbonyl (C=O) groups excluding carboxylic acids is 1. The van der Waals surface area contributed by atoms with Gasteiger partial charge in [-0.05, 0) is 50.1 Å². The van der Waals surface area contributed by atoms with Crippen molar-refractivity contribution in [2.75, 3.05) is 13.1 Å². The zero-order valence-corrected chi connectivity index (χ0v) is 17.7. The van der Waals surface area contributed by atoms with Crippen LogP contribution in [0.1, 0.15) is 29.8 Å². The Morgan fingerprint density at radius 2 is 2.03 bits per heavy atom. The van der Waals surface area contributed by atoms with Crippen LogP contribution in [0, 0.1) is 12.8 Å². The van der Waals surface area contributed by atoms with E-state index in [4.69, 9.17) is 16.1 Å². The highest BCUT2D eigenvalue weighted by Crippen LogP contribution is 2.21. The fourth-order valence-electron chi connectivity index (χ4n) is 3.71. The number of rotatable bonds is 6. The number of halogens is 1. The topological polar surface area (TPSA) is 71.3 Å². The first-order valence-corrected chi connectivity index (χ1v) is 10.6. The maximum Gasteiger partial charge on any atom is 0.257 e. The molecule has 1 atom stereocenters. The summed E-state index contributed by atoms with van der Waals surface area (Å²) >= 11 is 6.18. The van der Waals surface area contributed by atoms with Gasteiger partial charge in [0, 0.05) is 23.7 Å². The van der Waals surface area contributed by atoms with E-state index >= 15 is 0 Å². The van der Waals surface area contributed by atoms with E-state index in [0.29, 0.717) is 36.4 Å². The van der Waals surface area contributed by atoms with Crippen molar-refractivity contribution in [3.8, 4) is 11.5 Å². The van der Waals surface area contributed by atoms with Crippen LogP contribution in [0.4, 0.5) is 0 Å². The molecule has 30 heavy (non-hydrogen) atoms. The Balaban J connectivity index is 1.32. The number of aryl methyl sites for hydroxylation is 1. The van der Waals surface area contributed by atoms with Crippen LogP contribution in [-0.2, 0) is 17.9 Å². The third-order valence-electron chi connectivity index (χ3n) is 5.42. The summed E-state index contributed by atoms with van der Waals surface area (Å²) in [6.07, 6.45) is 1.85. The summed E-state index contributed by atoms with van der Waals surface area (Å²) in [7, 11) is 0. The van der Waals surface area contributed by atoms with E-state index in [1.165, 1.54) is 5.56 Å². The SMILES string of the molecule is Cc1ccc(-c2nc(CN3CCC[C@H](C(=O)NCc4ccccc4Cl)C3)no2)cc1. The van der Waals surface area contributed by atoms with Crippen molar-refractivity contribution in [1.29, 1.82) is 0 Å². The van der Waals surface area contributed by atoms with Crippen LogP contribution in [0.5, 0.6) is 0 Å². The van der Waals surface area contributed by atoms with E-state index in [2.05, 4.69) is 20.4 Å². The van der Waals surface area contributed by atoms with E-state index in [9.17, 15) is 4.79 Å². The Morgan fingerprint density at radius 1 is 1.23 bits per heavy atom. The average molecular weight is 425 g/mol. The summed E-state index contributed by atoms with van der Waals surface area (Å²) in [4.78, 5) is 19.4. The second kappa shape index (κ2) is 9.41. The van der Waals surface area contributed by atoms with E-state index in [1.807, 2.05) is 55.5 Å². The second-order valence-corrected chi connectivity index (χ2v) is 8.17.